The maximum atomic E-state index is 13.0. The van der Waals surface area contributed by atoms with Crippen LogP contribution >= 0.6 is 0 Å². The van der Waals surface area contributed by atoms with Gasteiger partial charge in [0.25, 0.3) is 0 Å². The third-order valence-electron chi connectivity index (χ3n) is 8.03. The average Bonchev–Trinajstić information content (AvgIpc) is 3.50. The van der Waals surface area contributed by atoms with Crippen molar-refractivity contribution < 1.29 is 28.9 Å². The molecule has 46 heavy (non-hydrogen) atoms. The van der Waals surface area contributed by atoms with Crippen LogP contribution in [0, 0.1) is 0 Å². The molecule has 236 valence electrons. The Balaban J connectivity index is 1.20. The Morgan fingerprint density at radius 2 is 1.72 bits per heavy atom. The van der Waals surface area contributed by atoms with Crippen LogP contribution in [0.4, 0.5) is 10.5 Å². The van der Waals surface area contributed by atoms with E-state index in [1.165, 1.54) is 7.11 Å². The van der Waals surface area contributed by atoms with Crippen LogP contribution in [-0.2, 0) is 38.6 Å². The zero-order chi connectivity index (χ0) is 31.9. The van der Waals surface area contributed by atoms with Crippen LogP contribution in [0.15, 0.2) is 109 Å². The lowest BCUT2D eigenvalue weighted by molar-refractivity contribution is -0.252. The molecule has 0 aliphatic carbocycles. The van der Waals surface area contributed by atoms with E-state index in [9.17, 15) is 14.7 Å². The first-order chi connectivity index (χ1) is 22.5. The summed E-state index contributed by atoms with van der Waals surface area (Å²) < 4.78 is 20.1. The number of rotatable bonds is 10. The van der Waals surface area contributed by atoms with E-state index in [2.05, 4.69) is 20.2 Å². The minimum absolute atomic E-state index is 0.0339. The van der Waals surface area contributed by atoms with Gasteiger partial charge in [-0.2, -0.15) is 0 Å². The number of anilines is 1. The molecular formula is C36H36N4O6. The Morgan fingerprint density at radius 3 is 2.50 bits per heavy atom. The average molecular weight is 621 g/mol. The molecule has 1 aromatic heterocycles. The maximum absolute atomic E-state index is 13.0. The highest BCUT2D eigenvalue weighted by molar-refractivity contribution is 5.92. The minimum atomic E-state index is -0.862. The minimum Gasteiger partial charge on any atom is -0.467 e. The second-order valence-corrected chi connectivity index (χ2v) is 11.2. The molecule has 6 rings (SSSR count). The van der Waals surface area contributed by atoms with E-state index in [-0.39, 0.29) is 18.8 Å². The SMILES string of the molecule is COC(=O)[C@H](Cc1ccccc1)NC(=O)Nc1cccc([C@@H]2O[C@H](Cn3cnc4ccccc43)C[C@H](c3ccc(CO)cc3)O2)c1. The monoisotopic (exact) mass is 620 g/mol. The third-order valence-corrected chi connectivity index (χ3v) is 8.03. The Bertz CT molecular complexity index is 1770. The number of ether oxygens (including phenoxy) is 3. The number of aliphatic hydroxyl groups is 1. The summed E-state index contributed by atoms with van der Waals surface area (Å²) in [6.45, 7) is 0.538. The number of para-hydroxylation sites is 2. The number of hydrogen-bond donors (Lipinski definition) is 3. The van der Waals surface area contributed by atoms with Gasteiger partial charge < -0.3 is 34.5 Å². The van der Waals surface area contributed by atoms with Crippen molar-refractivity contribution in [3.8, 4) is 0 Å². The summed E-state index contributed by atoms with van der Waals surface area (Å²) in [4.78, 5) is 30.0. The molecule has 4 atom stereocenters. The molecule has 2 amide bonds. The Labute approximate surface area is 266 Å². The van der Waals surface area contributed by atoms with E-state index in [0.717, 1.165) is 33.3 Å². The zero-order valence-corrected chi connectivity index (χ0v) is 25.4. The number of benzene rings is 4. The molecule has 0 bridgehead atoms. The largest absolute Gasteiger partial charge is 0.467 e. The van der Waals surface area contributed by atoms with Crippen LogP contribution in [0.1, 0.15) is 41.1 Å². The predicted molar refractivity (Wildman–Crippen MR) is 173 cm³/mol. The lowest BCUT2D eigenvalue weighted by Crippen LogP contribution is -2.45. The summed E-state index contributed by atoms with van der Waals surface area (Å²) in [6, 6.07) is 31.0. The first-order valence-electron chi connectivity index (χ1n) is 15.2. The molecule has 2 heterocycles. The number of imidazole rings is 1. The van der Waals surface area contributed by atoms with Gasteiger partial charge in [0.2, 0.25) is 0 Å². The highest BCUT2D eigenvalue weighted by atomic mass is 16.7. The number of esters is 1. The molecule has 1 aliphatic rings. The molecule has 4 aromatic carbocycles. The molecule has 1 fully saturated rings. The molecule has 0 unspecified atom stereocenters. The lowest BCUT2D eigenvalue weighted by Gasteiger charge is -2.36. The van der Waals surface area contributed by atoms with Crippen LogP contribution in [0.25, 0.3) is 11.0 Å². The Morgan fingerprint density at radius 1 is 0.935 bits per heavy atom. The number of nitrogens with one attached hydrogen (secondary N) is 2. The number of fused-ring (bicyclic) bond motifs is 1. The highest BCUT2D eigenvalue weighted by Crippen LogP contribution is 2.39. The normalized spacial score (nSPS) is 18.5. The van der Waals surface area contributed by atoms with E-state index in [0.29, 0.717) is 25.1 Å². The number of hydrogen-bond acceptors (Lipinski definition) is 7. The fourth-order valence-electron chi connectivity index (χ4n) is 5.68. The second kappa shape index (κ2) is 14.4. The van der Waals surface area contributed by atoms with Gasteiger partial charge in [0.05, 0.1) is 49.8 Å². The van der Waals surface area contributed by atoms with Crippen LogP contribution < -0.4 is 10.6 Å². The number of carbonyl (C=O) groups is 2. The van der Waals surface area contributed by atoms with Gasteiger partial charge >= 0.3 is 12.0 Å². The van der Waals surface area contributed by atoms with Crippen molar-refractivity contribution in [3.63, 3.8) is 0 Å². The standard InChI is InChI=1S/C36H36N4O6/c1-44-34(42)31(18-24-8-3-2-4-9-24)39-36(43)38-28-11-7-10-27(19-28)35-45-29(21-40-23-37-30-12-5-6-13-32(30)40)20-33(46-35)26-16-14-25(22-41)15-17-26/h2-17,19,23,29,31,33,35,41H,18,20-22H2,1H3,(H2,38,39,43)/t29-,31-,33+,35+/m0/s1. The molecule has 3 N–H and O–H groups in total. The number of methoxy groups -OCH3 is 1. The zero-order valence-electron chi connectivity index (χ0n) is 25.4. The first kappa shape index (κ1) is 31.0. The predicted octanol–water partition coefficient (Wildman–Crippen LogP) is 5.68. The van der Waals surface area contributed by atoms with E-state index in [4.69, 9.17) is 14.2 Å². The maximum Gasteiger partial charge on any atom is 0.328 e. The van der Waals surface area contributed by atoms with Crippen LogP contribution in [0.5, 0.6) is 0 Å². The molecule has 0 radical (unpaired) electrons. The quantitative estimate of drug-likeness (QED) is 0.172. The number of nitrogens with zero attached hydrogens (tertiary/aromatic N) is 2. The van der Waals surface area contributed by atoms with Gasteiger partial charge in [-0.05, 0) is 41.0 Å². The van der Waals surface area contributed by atoms with Crippen LogP contribution in [-0.4, -0.2) is 45.9 Å². The molecule has 1 saturated heterocycles. The van der Waals surface area contributed by atoms with Crippen LogP contribution in [0.3, 0.4) is 0 Å². The van der Waals surface area contributed by atoms with Crippen molar-refractivity contribution >= 4 is 28.7 Å². The summed E-state index contributed by atoms with van der Waals surface area (Å²) >= 11 is 0. The van der Waals surface area contributed by atoms with Crippen LogP contribution in [0.2, 0.25) is 0 Å². The summed E-state index contributed by atoms with van der Waals surface area (Å²) in [6.07, 6.45) is 1.52. The summed E-state index contributed by atoms with van der Waals surface area (Å²) in [5.41, 5.74) is 5.87. The summed E-state index contributed by atoms with van der Waals surface area (Å²) in [7, 11) is 1.30. The molecule has 0 saturated carbocycles. The molecule has 1 aliphatic heterocycles. The molecular weight excluding hydrogens is 584 g/mol. The van der Waals surface area contributed by atoms with Gasteiger partial charge in [0.1, 0.15) is 6.04 Å². The fourth-order valence-corrected chi connectivity index (χ4v) is 5.68. The number of amides is 2. The molecule has 5 aromatic rings. The van der Waals surface area contributed by atoms with E-state index in [1.54, 1.807) is 12.1 Å². The van der Waals surface area contributed by atoms with Crippen molar-refractivity contribution in [2.24, 2.45) is 0 Å². The van der Waals surface area contributed by atoms with Crippen molar-refractivity contribution in [2.75, 3.05) is 12.4 Å². The topological polar surface area (TPSA) is 124 Å². The Hall–Kier alpha value is -5.03. The number of aromatic nitrogens is 2. The van der Waals surface area contributed by atoms with Gasteiger partial charge in [0.15, 0.2) is 6.29 Å². The lowest BCUT2D eigenvalue weighted by atomic mass is 10.00. The van der Waals surface area contributed by atoms with Crippen molar-refractivity contribution in [3.05, 3.63) is 132 Å². The third kappa shape index (κ3) is 7.43. The van der Waals surface area contributed by atoms with Crippen molar-refractivity contribution in [2.45, 2.75) is 50.5 Å². The second-order valence-electron chi connectivity index (χ2n) is 11.2. The van der Waals surface area contributed by atoms with E-state index < -0.39 is 24.3 Å². The molecule has 10 heteroatoms. The first-order valence-corrected chi connectivity index (χ1v) is 15.2. The summed E-state index contributed by atoms with van der Waals surface area (Å²) in [5, 5.41) is 15.1. The van der Waals surface area contributed by atoms with Gasteiger partial charge in [0, 0.05) is 24.1 Å². The van der Waals surface area contributed by atoms with Gasteiger partial charge in [-0.15, -0.1) is 0 Å². The number of aliphatic hydroxyl groups excluding tert-OH is 1. The van der Waals surface area contributed by atoms with E-state index in [1.807, 2.05) is 97.3 Å². The molecule has 10 nitrogen and oxygen atoms in total. The van der Waals surface area contributed by atoms with Crippen molar-refractivity contribution in [1.82, 2.24) is 14.9 Å². The fraction of sp³-hybridized carbons (Fsp3) is 0.250. The molecule has 0 spiro atoms. The number of urea groups is 1. The smallest absolute Gasteiger partial charge is 0.328 e. The highest BCUT2D eigenvalue weighted by Gasteiger charge is 2.33. The van der Waals surface area contributed by atoms with Gasteiger partial charge in [-0.1, -0.05) is 78.9 Å². The van der Waals surface area contributed by atoms with Gasteiger partial charge in [-0.25, -0.2) is 14.6 Å². The van der Waals surface area contributed by atoms with E-state index >= 15 is 0 Å². The number of carbonyl (C=O) groups excluding carboxylic acids is 2. The Kier molecular flexibility index (Phi) is 9.68. The van der Waals surface area contributed by atoms with Gasteiger partial charge in [-0.3, -0.25) is 0 Å². The summed E-state index contributed by atoms with van der Waals surface area (Å²) in [5.74, 6) is -0.536. The van der Waals surface area contributed by atoms with Crippen molar-refractivity contribution in [1.29, 1.82) is 0 Å².